The molecule has 9 heteroatoms. The summed E-state index contributed by atoms with van der Waals surface area (Å²) in [5, 5.41) is 14.5. The van der Waals surface area contributed by atoms with Crippen LogP contribution in [0.5, 0.6) is 0 Å². The summed E-state index contributed by atoms with van der Waals surface area (Å²) in [6.07, 6.45) is 0. The molecular formula is C17H21N3O5S. The molecule has 0 fully saturated rings. The van der Waals surface area contributed by atoms with E-state index >= 15 is 0 Å². The summed E-state index contributed by atoms with van der Waals surface area (Å²) in [6.45, 7) is 4.76. The standard InChI is InChI=1S/C17H21N3O5S/c1-4-19-11(2)14(16(21)25-10-9-24-3)15(18-17(19)26)12-5-7-13(8-6-12)20(22)23/h5-8,15H,4,9-10H2,1-3H3,(H,18,26)/t15-/m1/s1. The van der Waals surface area contributed by atoms with E-state index in [1.54, 1.807) is 12.1 Å². The van der Waals surface area contributed by atoms with E-state index in [0.29, 0.717) is 35.1 Å². The van der Waals surface area contributed by atoms with Crippen molar-refractivity contribution in [2.45, 2.75) is 19.9 Å². The highest BCUT2D eigenvalue weighted by molar-refractivity contribution is 7.80. The fraction of sp³-hybridized carbons (Fsp3) is 0.412. The summed E-state index contributed by atoms with van der Waals surface area (Å²) in [6, 6.07) is 5.47. The van der Waals surface area contributed by atoms with Crippen LogP contribution in [0.15, 0.2) is 35.5 Å². The minimum atomic E-state index is -0.541. The van der Waals surface area contributed by atoms with Crippen LogP contribution >= 0.6 is 12.2 Å². The number of carbonyl (C=O) groups excluding carboxylic acids is 1. The summed E-state index contributed by atoms with van der Waals surface area (Å²) in [5.74, 6) is -0.476. The van der Waals surface area contributed by atoms with Crippen LogP contribution in [0.4, 0.5) is 5.69 Å². The van der Waals surface area contributed by atoms with Crippen molar-refractivity contribution in [1.82, 2.24) is 10.2 Å². The molecule has 0 bridgehead atoms. The topological polar surface area (TPSA) is 93.9 Å². The van der Waals surface area contributed by atoms with E-state index in [1.807, 2.05) is 18.7 Å². The zero-order valence-corrected chi connectivity index (χ0v) is 15.7. The molecule has 1 atom stereocenters. The molecule has 1 aliphatic rings. The lowest BCUT2D eigenvalue weighted by Crippen LogP contribution is -2.47. The van der Waals surface area contributed by atoms with Crippen LogP contribution in [0, 0.1) is 10.1 Å². The van der Waals surface area contributed by atoms with Crippen molar-refractivity contribution in [2.75, 3.05) is 26.9 Å². The summed E-state index contributed by atoms with van der Waals surface area (Å²) in [5.41, 5.74) is 1.78. The summed E-state index contributed by atoms with van der Waals surface area (Å²) >= 11 is 5.39. The fourth-order valence-electron chi connectivity index (χ4n) is 2.76. The van der Waals surface area contributed by atoms with E-state index in [4.69, 9.17) is 21.7 Å². The number of nitrogens with zero attached hydrogens (tertiary/aromatic N) is 2. The Hall–Kier alpha value is -2.52. The molecule has 0 aromatic heterocycles. The van der Waals surface area contributed by atoms with E-state index in [1.165, 1.54) is 19.2 Å². The number of nitro groups is 1. The zero-order chi connectivity index (χ0) is 19.3. The van der Waals surface area contributed by atoms with Gasteiger partial charge in [0.1, 0.15) is 6.61 Å². The van der Waals surface area contributed by atoms with Crippen LogP contribution < -0.4 is 5.32 Å². The smallest absolute Gasteiger partial charge is 0.338 e. The number of nitro benzene ring substituents is 1. The molecular weight excluding hydrogens is 358 g/mol. The molecule has 1 N–H and O–H groups in total. The highest BCUT2D eigenvalue weighted by atomic mass is 32.1. The number of methoxy groups -OCH3 is 1. The number of non-ortho nitro benzene ring substituents is 1. The van der Waals surface area contributed by atoms with Gasteiger partial charge < -0.3 is 19.7 Å². The second kappa shape index (κ2) is 8.72. The molecule has 26 heavy (non-hydrogen) atoms. The van der Waals surface area contributed by atoms with Crippen LogP contribution in [0.25, 0.3) is 0 Å². The van der Waals surface area contributed by atoms with Gasteiger partial charge in [-0.05, 0) is 43.8 Å². The lowest BCUT2D eigenvalue weighted by molar-refractivity contribution is -0.384. The Morgan fingerprint density at radius 1 is 1.35 bits per heavy atom. The Balaban J connectivity index is 2.40. The molecule has 2 rings (SSSR count). The molecule has 1 aromatic carbocycles. The zero-order valence-electron chi connectivity index (χ0n) is 14.9. The van der Waals surface area contributed by atoms with E-state index in [9.17, 15) is 14.9 Å². The van der Waals surface area contributed by atoms with Crippen molar-refractivity contribution in [2.24, 2.45) is 0 Å². The summed E-state index contributed by atoms with van der Waals surface area (Å²) in [7, 11) is 1.53. The highest BCUT2D eigenvalue weighted by Crippen LogP contribution is 2.32. The molecule has 1 aromatic rings. The molecule has 8 nitrogen and oxygen atoms in total. The highest BCUT2D eigenvalue weighted by Gasteiger charge is 2.34. The van der Waals surface area contributed by atoms with Crippen LogP contribution in [-0.4, -0.2) is 47.8 Å². The average molecular weight is 379 g/mol. The molecule has 0 spiro atoms. The van der Waals surface area contributed by atoms with Gasteiger partial charge in [-0.15, -0.1) is 0 Å². The number of ether oxygens (including phenoxy) is 2. The maximum Gasteiger partial charge on any atom is 0.338 e. The van der Waals surface area contributed by atoms with Crippen LogP contribution in [0.2, 0.25) is 0 Å². The van der Waals surface area contributed by atoms with Gasteiger partial charge in [0.15, 0.2) is 5.11 Å². The molecule has 0 radical (unpaired) electrons. The molecule has 0 saturated carbocycles. The van der Waals surface area contributed by atoms with Crippen LogP contribution in [-0.2, 0) is 14.3 Å². The number of allylic oxidation sites excluding steroid dienone is 1. The molecule has 1 aliphatic heterocycles. The molecule has 0 saturated heterocycles. The molecule has 140 valence electrons. The van der Waals surface area contributed by atoms with Gasteiger partial charge >= 0.3 is 5.97 Å². The first-order valence-electron chi connectivity index (χ1n) is 8.09. The van der Waals surface area contributed by atoms with Gasteiger partial charge in [-0.1, -0.05) is 0 Å². The van der Waals surface area contributed by atoms with Crippen molar-refractivity contribution in [1.29, 1.82) is 0 Å². The van der Waals surface area contributed by atoms with Crippen molar-refractivity contribution in [3.8, 4) is 0 Å². The third kappa shape index (κ3) is 4.17. The van der Waals surface area contributed by atoms with Crippen molar-refractivity contribution < 1.29 is 19.2 Å². The number of nitrogens with one attached hydrogen (secondary N) is 1. The minimum absolute atomic E-state index is 0.0211. The van der Waals surface area contributed by atoms with Gasteiger partial charge in [0.25, 0.3) is 5.69 Å². The molecule has 1 heterocycles. The Labute approximate surface area is 156 Å². The summed E-state index contributed by atoms with van der Waals surface area (Å²) in [4.78, 5) is 24.9. The van der Waals surface area contributed by atoms with Gasteiger partial charge in [0.05, 0.1) is 23.1 Å². The second-order valence-corrected chi connectivity index (χ2v) is 5.99. The number of hydrogen-bond acceptors (Lipinski definition) is 6. The first-order valence-corrected chi connectivity index (χ1v) is 8.50. The third-order valence-corrected chi connectivity index (χ3v) is 4.43. The predicted molar refractivity (Wildman–Crippen MR) is 99.5 cm³/mol. The Kier molecular flexibility index (Phi) is 6.64. The monoisotopic (exact) mass is 379 g/mol. The van der Waals surface area contributed by atoms with Gasteiger partial charge in [-0.3, -0.25) is 10.1 Å². The van der Waals surface area contributed by atoms with E-state index in [0.717, 1.165) is 0 Å². The van der Waals surface area contributed by atoms with E-state index in [-0.39, 0.29) is 12.3 Å². The third-order valence-electron chi connectivity index (χ3n) is 4.09. The maximum absolute atomic E-state index is 12.7. The van der Waals surface area contributed by atoms with Crippen molar-refractivity contribution in [3.63, 3.8) is 0 Å². The van der Waals surface area contributed by atoms with Gasteiger partial charge in [0.2, 0.25) is 0 Å². The number of hydrogen-bond donors (Lipinski definition) is 1. The number of benzene rings is 1. The van der Waals surface area contributed by atoms with Crippen LogP contribution in [0.3, 0.4) is 0 Å². The Morgan fingerprint density at radius 2 is 2.00 bits per heavy atom. The fourth-order valence-corrected chi connectivity index (χ4v) is 3.14. The second-order valence-electron chi connectivity index (χ2n) is 5.60. The predicted octanol–water partition coefficient (Wildman–Crippen LogP) is 2.31. The normalized spacial score (nSPS) is 17.1. The molecule has 0 aliphatic carbocycles. The largest absolute Gasteiger partial charge is 0.460 e. The van der Waals surface area contributed by atoms with Gasteiger partial charge in [-0.2, -0.15) is 0 Å². The van der Waals surface area contributed by atoms with Crippen molar-refractivity contribution >= 4 is 29.0 Å². The molecule has 0 unspecified atom stereocenters. The lowest BCUT2D eigenvalue weighted by Gasteiger charge is -2.37. The number of rotatable bonds is 7. The first kappa shape index (κ1) is 19.8. The van der Waals surface area contributed by atoms with Gasteiger partial charge in [0, 0.05) is 31.5 Å². The van der Waals surface area contributed by atoms with E-state index in [2.05, 4.69) is 5.32 Å². The maximum atomic E-state index is 12.7. The quantitative estimate of drug-likeness (QED) is 0.254. The van der Waals surface area contributed by atoms with Crippen LogP contribution in [0.1, 0.15) is 25.5 Å². The molecule has 0 amide bonds. The number of esters is 1. The lowest BCUT2D eigenvalue weighted by atomic mass is 9.95. The average Bonchev–Trinajstić information content (AvgIpc) is 2.61. The minimum Gasteiger partial charge on any atom is -0.460 e. The number of thiocarbonyl (C=S) groups is 1. The first-order chi connectivity index (χ1) is 12.4. The van der Waals surface area contributed by atoms with Crippen molar-refractivity contribution in [3.05, 3.63) is 51.2 Å². The SMILES string of the molecule is CCN1C(=S)N[C@H](c2ccc([N+](=O)[O-])cc2)C(C(=O)OCCOC)=C1C. The van der Waals surface area contributed by atoms with Gasteiger partial charge in [-0.25, -0.2) is 4.79 Å². The summed E-state index contributed by atoms with van der Waals surface area (Å²) < 4.78 is 10.2. The number of carbonyl (C=O) groups is 1. The Morgan fingerprint density at radius 3 is 2.54 bits per heavy atom. The van der Waals surface area contributed by atoms with E-state index < -0.39 is 16.9 Å². The Bertz CT molecular complexity index is 732.